The van der Waals surface area contributed by atoms with Crippen molar-refractivity contribution < 1.29 is 14.1 Å². The van der Waals surface area contributed by atoms with Crippen molar-refractivity contribution in [2.45, 2.75) is 6.54 Å². The SMILES string of the molecule is C=CCOc1ccc(C(=O)N(CC=C)Cc2nc(-c3ccccc3)no2)cc1. The molecule has 0 aliphatic rings. The number of aromatic nitrogens is 2. The number of rotatable bonds is 9. The lowest BCUT2D eigenvalue weighted by Gasteiger charge is -2.19. The van der Waals surface area contributed by atoms with Gasteiger partial charge in [0.25, 0.3) is 5.91 Å². The molecule has 142 valence electrons. The van der Waals surface area contributed by atoms with Gasteiger partial charge >= 0.3 is 0 Å². The normalized spacial score (nSPS) is 10.3. The van der Waals surface area contributed by atoms with Gasteiger partial charge in [-0.15, -0.1) is 6.58 Å². The van der Waals surface area contributed by atoms with Gasteiger partial charge in [-0.3, -0.25) is 4.79 Å². The van der Waals surface area contributed by atoms with E-state index in [0.717, 1.165) is 5.56 Å². The fraction of sp³-hybridized carbons (Fsp3) is 0.136. The standard InChI is InChI=1S/C22H21N3O3/c1-3-14-25(22(26)18-10-12-19(13-11-18)27-15-4-2)16-20-23-21(24-28-20)17-8-6-5-7-9-17/h3-13H,1-2,14-16H2. The van der Waals surface area contributed by atoms with Crippen molar-refractivity contribution in [2.75, 3.05) is 13.2 Å². The molecule has 6 heteroatoms. The first-order valence-corrected chi connectivity index (χ1v) is 8.83. The summed E-state index contributed by atoms with van der Waals surface area (Å²) < 4.78 is 10.8. The Hall–Kier alpha value is -3.67. The molecule has 28 heavy (non-hydrogen) atoms. The topological polar surface area (TPSA) is 68.5 Å². The van der Waals surface area contributed by atoms with Crippen LogP contribution in [0.25, 0.3) is 11.4 Å². The van der Waals surface area contributed by atoms with Crippen molar-refractivity contribution in [1.29, 1.82) is 0 Å². The Labute approximate surface area is 163 Å². The molecule has 1 heterocycles. The molecule has 0 saturated carbocycles. The quantitative estimate of drug-likeness (QED) is 0.526. The number of nitrogens with zero attached hydrogens (tertiary/aromatic N) is 3. The van der Waals surface area contributed by atoms with Gasteiger partial charge in [-0.05, 0) is 24.3 Å². The molecule has 1 aromatic heterocycles. The first kappa shape index (κ1) is 19.1. The van der Waals surface area contributed by atoms with Crippen LogP contribution in [0.3, 0.4) is 0 Å². The van der Waals surface area contributed by atoms with Crippen molar-refractivity contribution in [1.82, 2.24) is 15.0 Å². The van der Waals surface area contributed by atoms with Crippen molar-refractivity contribution in [3.63, 3.8) is 0 Å². The summed E-state index contributed by atoms with van der Waals surface area (Å²) >= 11 is 0. The molecule has 0 atom stereocenters. The van der Waals surface area contributed by atoms with Crippen LogP contribution in [0.2, 0.25) is 0 Å². The zero-order chi connectivity index (χ0) is 19.8. The van der Waals surface area contributed by atoms with Crippen LogP contribution >= 0.6 is 0 Å². The average molecular weight is 375 g/mol. The largest absolute Gasteiger partial charge is 0.490 e. The molecule has 0 radical (unpaired) electrons. The minimum atomic E-state index is -0.158. The molecule has 0 aliphatic heterocycles. The lowest BCUT2D eigenvalue weighted by molar-refractivity contribution is 0.0745. The lowest BCUT2D eigenvalue weighted by Crippen LogP contribution is -2.30. The highest BCUT2D eigenvalue weighted by Crippen LogP contribution is 2.18. The van der Waals surface area contributed by atoms with E-state index in [0.29, 0.717) is 36.2 Å². The Kier molecular flexibility index (Phi) is 6.36. The molecule has 0 saturated heterocycles. The molecular formula is C22H21N3O3. The van der Waals surface area contributed by atoms with Crippen LogP contribution in [0.1, 0.15) is 16.2 Å². The van der Waals surface area contributed by atoms with Gasteiger partial charge in [0.2, 0.25) is 11.7 Å². The molecule has 3 aromatic rings. The first-order valence-electron chi connectivity index (χ1n) is 8.83. The van der Waals surface area contributed by atoms with E-state index in [1.54, 1.807) is 41.3 Å². The number of ether oxygens (including phenoxy) is 1. The molecule has 0 fully saturated rings. The van der Waals surface area contributed by atoms with E-state index in [-0.39, 0.29) is 12.5 Å². The molecule has 2 aromatic carbocycles. The van der Waals surface area contributed by atoms with E-state index < -0.39 is 0 Å². The van der Waals surface area contributed by atoms with Gasteiger partial charge in [0.1, 0.15) is 18.9 Å². The fourth-order valence-electron chi connectivity index (χ4n) is 2.59. The molecule has 1 amide bonds. The summed E-state index contributed by atoms with van der Waals surface area (Å²) in [6.07, 6.45) is 3.33. The first-order chi connectivity index (χ1) is 13.7. The summed E-state index contributed by atoms with van der Waals surface area (Å²) in [6, 6.07) is 16.5. The Balaban J connectivity index is 1.72. The van der Waals surface area contributed by atoms with Gasteiger partial charge in [-0.25, -0.2) is 0 Å². The third kappa shape index (κ3) is 4.73. The monoisotopic (exact) mass is 375 g/mol. The van der Waals surface area contributed by atoms with Crippen LogP contribution in [0, 0.1) is 0 Å². The Morgan fingerprint density at radius 1 is 1.07 bits per heavy atom. The van der Waals surface area contributed by atoms with Crippen LogP contribution < -0.4 is 4.74 Å². The van der Waals surface area contributed by atoms with E-state index in [4.69, 9.17) is 9.26 Å². The number of carbonyl (C=O) groups is 1. The number of benzene rings is 2. The Bertz CT molecular complexity index is 933. The van der Waals surface area contributed by atoms with Gasteiger partial charge in [0, 0.05) is 17.7 Å². The third-order valence-corrected chi connectivity index (χ3v) is 3.93. The maximum Gasteiger partial charge on any atom is 0.254 e. The summed E-state index contributed by atoms with van der Waals surface area (Å²) in [7, 11) is 0. The van der Waals surface area contributed by atoms with Crippen molar-refractivity contribution in [3.8, 4) is 17.1 Å². The third-order valence-electron chi connectivity index (χ3n) is 3.93. The zero-order valence-electron chi connectivity index (χ0n) is 15.5. The minimum absolute atomic E-state index is 0.158. The molecular weight excluding hydrogens is 354 g/mol. The maximum absolute atomic E-state index is 12.9. The average Bonchev–Trinajstić information content (AvgIpc) is 3.21. The van der Waals surface area contributed by atoms with Gasteiger partial charge in [0.05, 0.1) is 0 Å². The predicted molar refractivity (Wildman–Crippen MR) is 107 cm³/mol. The van der Waals surface area contributed by atoms with Crippen LogP contribution in [0.15, 0.2) is 84.4 Å². The summed E-state index contributed by atoms with van der Waals surface area (Å²) in [5, 5.41) is 4.00. The number of amides is 1. The van der Waals surface area contributed by atoms with Gasteiger partial charge in [-0.1, -0.05) is 54.2 Å². The summed E-state index contributed by atoms with van der Waals surface area (Å²) in [5.41, 5.74) is 1.39. The van der Waals surface area contributed by atoms with E-state index in [1.807, 2.05) is 30.3 Å². The summed E-state index contributed by atoms with van der Waals surface area (Å²) in [4.78, 5) is 18.9. The number of hydrogen-bond acceptors (Lipinski definition) is 5. The molecule has 0 unspecified atom stereocenters. The van der Waals surface area contributed by atoms with E-state index in [2.05, 4.69) is 23.3 Å². The van der Waals surface area contributed by atoms with E-state index >= 15 is 0 Å². The highest BCUT2D eigenvalue weighted by molar-refractivity contribution is 5.94. The summed E-state index contributed by atoms with van der Waals surface area (Å²) in [6.45, 7) is 8.30. The zero-order valence-corrected chi connectivity index (χ0v) is 15.5. The van der Waals surface area contributed by atoms with Crippen molar-refractivity contribution >= 4 is 5.91 Å². The molecule has 0 aliphatic carbocycles. The number of carbonyl (C=O) groups excluding carboxylic acids is 1. The van der Waals surface area contributed by atoms with Crippen LogP contribution in [-0.4, -0.2) is 34.1 Å². The van der Waals surface area contributed by atoms with Crippen LogP contribution in [-0.2, 0) is 6.54 Å². The van der Waals surface area contributed by atoms with Crippen molar-refractivity contribution in [2.24, 2.45) is 0 Å². The molecule has 6 nitrogen and oxygen atoms in total. The van der Waals surface area contributed by atoms with Crippen LogP contribution in [0.4, 0.5) is 0 Å². The Morgan fingerprint density at radius 3 is 2.50 bits per heavy atom. The van der Waals surface area contributed by atoms with Gasteiger partial charge in [-0.2, -0.15) is 4.98 Å². The van der Waals surface area contributed by atoms with Crippen molar-refractivity contribution in [3.05, 3.63) is 91.4 Å². The second-order valence-corrected chi connectivity index (χ2v) is 5.98. The van der Waals surface area contributed by atoms with E-state index in [9.17, 15) is 4.79 Å². The molecule has 0 bridgehead atoms. The minimum Gasteiger partial charge on any atom is -0.490 e. The van der Waals surface area contributed by atoms with Crippen LogP contribution in [0.5, 0.6) is 5.75 Å². The Morgan fingerprint density at radius 2 is 1.82 bits per heavy atom. The molecule has 3 rings (SSSR count). The smallest absolute Gasteiger partial charge is 0.254 e. The highest BCUT2D eigenvalue weighted by Gasteiger charge is 2.19. The van der Waals surface area contributed by atoms with E-state index in [1.165, 1.54) is 0 Å². The van der Waals surface area contributed by atoms with Gasteiger partial charge in [0.15, 0.2) is 0 Å². The molecule has 0 spiro atoms. The maximum atomic E-state index is 12.9. The second kappa shape index (κ2) is 9.32. The lowest BCUT2D eigenvalue weighted by atomic mass is 10.2. The predicted octanol–water partition coefficient (Wildman–Crippen LogP) is 4.13. The number of hydrogen-bond donors (Lipinski definition) is 0. The fourth-order valence-corrected chi connectivity index (χ4v) is 2.59. The second-order valence-electron chi connectivity index (χ2n) is 5.98. The highest BCUT2D eigenvalue weighted by atomic mass is 16.5. The van der Waals surface area contributed by atoms with Gasteiger partial charge < -0.3 is 14.2 Å². The molecule has 0 N–H and O–H groups in total. The summed E-state index contributed by atoms with van der Waals surface area (Å²) in [5.74, 6) is 1.37.